The molecule has 0 saturated heterocycles. The van der Waals surface area contributed by atoms with E-state index in [0.29, 0.717) is 36.3 Å². The molecule has 6 heteroatoms. The topological polar surface area (TPSA) is 18.5 Å². The van der Waals surface area contributed by atoms with Crippen LogP contribution in [0.25, 0.3) is 11.1 Å². The molecule has 0 N–H and O–H groups in total. The van der Waals surface area contributed by atoms with Crippen LogP contribution in [-0.4, -0.2) is 13.2 Å². The highest BCUT2D eigenvalue weighted by atomic mass is 35.5. The van der Waals surface area contributed by atoms with Crippen LogP contribution in [0.3, 0.4) is 0 Å². The van der Waals surface area contributed by atoms with Gasteiger partial charge in [-0.3, -0.25) is 0 Å². The fourth-order valence-corrected chi connectivity index (χ4v) is 2.63. The minimum absolute atomic E-state index is 0.0631. The first-order valence-electron chi connectivity index (χ1n) is 5.81. The Kier molecular flexibility index (Phi) is 3.44. The van der Waals surface area contributed by atoms with Crippen LogP contribution in [0.5, 0.6) is 11.5 Å². The summed E-state index contributed by atoms with van der Waals surface area (Å²) in [7, 11) is 0. The molecule has 20 heavy (non-hydrogen) atoms. The van der Waals surface area contributed by atoms with Crippen molar-refractivity contribution in [3.05, 3.63) is 45.9 Å². The van der Waals surface area contributed by atoms with Gasteiger partial charge in [-0.25, -0.2) is 8.78 Å². The number of para-hydroxylation sites is 1. The van der Waals surface area contributed by atoms with Crippen molar-refractivity contribution < 1.29 is 18.3 Å². The second-order valence-electron chi connectivity index (χ2n) is 4.17. The van der Waals surface area contributed by atoms with Crippen LogP contribution in [0, 0.1) is 11.6 Å². The normalized spacial score (nSPS) is 13.4. The van der Waals surface area contributed by atoms with Crippen LogP contribution in [0.15, 0.2) is 24.3 Å². The summed E-state index contributed by atoms with van der Waals surface area (Å²) in [5.41, 5.74) is 0.462. The highest BCUT2D eigenvalue weighted by Gasteiger charge is 2.23. The Morgan fingerprint density at radius 1 is 0.950 bits per heavy atom. The fourth-order valence-electron chi connectivity index (χ4n) is 2.08. The van der Waals surface area contributed by atoms with E-state index in [-0.39, 0.29) is 15.6 Å². The number of ether oxygens (including phenoxy) is 2. The molecule has 2 aromatic carbocycles. The monoisotopic (exact) mass is 316 g/mol. The zero-order valence-electron chi connectivity index (χ0n) is 10.1. The van der Waals surface area contributed by atoms with Crippen LogP contribution in [0.4, 0.5) is 8.78 Å². The first-order chi connectivity index (χ1) is 9.59. The first-order valence-corrected chi connectivity index (χ1v) is 6.57. The molecule has 0 spiro atoms. The maximum absolute atomic E-state index is 13.6. The van der Waals surface area contributed by atoms with Gasteiger partial charge in [-0.2, -0.15) is 0 Å². The maximum Gasteiger partial charge on any atom is 0.169 e. The zero-order chi connectivity index (χ0) is 14.3. The number of hydrogen-bond donors (Lipinski definition) is 0. The van der Waals surface area contributed by atoms with Gasteiger partial charge in [-0.05, 0) is 6.07 Å². The lowest BCUT2D eigenvalue weighted by Gasteiger charge is -2.22. The molecule has 0 bridgehead atoms. The van der Waals surface area contributed by atoms with E-state index in [0.717, 1.165) is 0 Å². The standard InChI is InChI=1S/C14H8Cl2F2O2/c15-12-8(17)6-9(18)13(16)11(12)7-2-1-3-10-14(7)20-5-4-19-10/h1-3,6H,4-5H2. The Morgan fingerprint density at radius 3 is 2.30 bits per heavy atom. The van der Waals surface area contributed by atoms with Gasteiger partial charge >= 0.3 is 0 Å². The van der Waals surface area contributed by atoms with Gasteiger partial charge in [-0.15, -0.1) is 0 Å². The van der Waals surface area contributed by atoms with Gasteiger partial charge in [0, 0.05) is 17.2 Å². The molecule has 0 amide bonds. The molecule has 1 aliphatic rings. The summed E-state index contributed by atoms with van der Waals surface area (Å²) in [6.45, 7) is 0.756. The molecular formula is C14H8Cl2F2O2. The second-order valence-corrected chi connectivity index (χ2v) is 4.93. The van der Waals surface area contributed by atoms with Crippen LogP contribution in [0.1, 0.15) is 0 Å². The highest BCUT2D eigenvalue weighted by Crippen LogP contribution is 2.46. The van der Waals surface area contributed by atoms with Crippen molar-refractivity contribution in [1.29, 1.82) is 0 Å². The van der Waals surface area contributed by atoms with Gasteiger partial charge in [0.2, 0.25) is 0 Å². The highest BCUT2D eigenvalue weighted by molar-refractivity contribution is 6.39. The molecule has 0 unspecified atom stereocenters. The lowest BCUT2D eigenvalue weighted by molar-refractivity contribution is 0.172. The Morgan fingerprint density at radius 2 is 1.60 bits per heavy atom. The van der Waals surface area contributed by atoms with Gasteiger partial charge in [0.15, 0.2) is 11.5 Å². The van der Waals surface area contributed by atoms with Gasteiger partial charge < -0.3 is 9.47 Å². The molecule has 2 nitrogen and oxygen atoms in total. The second kappa shape index (κ2) is 5.11. The zero-order valence-corrected chi connectivity index (χ0v) is 11.6. The quantitative estimate of drug-likeness (QED) is 0.709. The van der Waals surface area contributed by atoms with E-state index in [1.807, 2.05) is 0 Å². The fraction of sp³-hybridized carbons (Fsp3) is 0.143. The van der Waals surface area contributed by atoms with Crippen molar-refractivity contribution in [3.8, 4) is 22.6 Å². The van der Waals surface area contributed by atoms with Crippen molar-refractivity contribution in [1.82, 2.24) is 0 Å². The average Bonchev–Trinajstić information content (AvgIpc) is 2.46. The minimum Gasteiger partial charge on any atom is -0.486 e. The molecule has 0 radical (unpaired) electrons. The third kappa shape index (κ3) is 2.09. The van der Waals surface area contributed by atoms with Crippen molar-refractivity contribution >= 4 is 23.2 Å². The van der Waals surface area contributed by atoms with Crippen molar-refractivity contribution in [3.63, 3.8) is 0 Å². The SMILES string of the molecule is Fc1cc(F)c(Cl)c(-c2cccc3c2OCCO3)c1Cl. The summed E-state index contributed by atoms with van der Waals surface area (Å²) in [5.74, 6) is -0.881. The third-order valence-electron chi connectivity index (χ3n) is 2.95. The summed E-state index contributed by atoms with van der Waals surface area (Å²) in [5, 5.41) is -0.502. The molecular weight excluding hydrogens is 309 g/mol. The van der Waals surface area contributed by atoms with E-state index in [4.69, 9.17) is 32.7 Å². The third-order valence-corrected chi connectivity index (χ3v) is 3.69. The maximum atomic E-state index is 13.6. The van der Waals surface area contributed by atoms with Crippen molar-refractivity contribution in [2.45, 2.75) is 0 Å². The number of rotatable bonds is 1. The first kappa shape index (κ1) is 13.5. The summed E-state index contributed by atoms with van der Waals surface area (Å²) < 4.78 is 38.2. The Balaban J connectivity index is 2.29. The Hall–Kier alpha value is -1.52. The summed E-state index contributed by atoms with van der Waals surface area (Å²) in [6.07, 6.45) is 0. The van der Waals surface area contributed by atoms with Gasteiger partial charge in [0.05, 0.1) is 10.0 Å². The number of fused-ring (bicyclic) bond motifs is 1. The molecule has 2 aromatic rings. The average molecular weight is 317 g/mol. The molecule has 1 aliphatic heterocycles. The molecule has 0 aromatic heterocycles. The largest absolute Gasteiger partial charge is 0.486 e. The van der Waals surface area contributed by atoms with E-state index in [9.17, 15) is 8.78 Å². The predicted molar refractivity (Wildman–Crippen MR) is 72.8 cm³/mol. The van der Waals surface area contributed by atoms with Gasteiger partial charge in [-0.1, -0.05) is 35.3 Å². The summed E-state index contributed by atoms with van der Waals surface area (Å²) >= 11 is 11.9. The Labute approximate surface area is 123 Å². The lowest BCUT2D eigenvalue weighted by atomic mass is 10.0. The van der Waals surface area contributed by atoms with Crippen LogP contribution < -0.4 is 9.47 Å². The van der Waals surface area contributed by atoms with Gasteiger partial charge in [0.1, 0.15) is 24.8 Å². The molecule has 0 saturated carbocycles. The Bertz CT molecular complexity index is 663. The smallest absolute Gasteiger partial charge is 0.169 e. The number of halogens is 4. The summed E-state index contributed by atoms with van der Waals surface area (Å²) in [4.78, 5) is 0. The minimum atomic E-state index is -0.877. The number of benzene rings is 2. The van der Waals surface area contributed by atoms with Crippen LogP contribution in [0.2, 0.25) is 10.0 Å². The molecule has 0 fully saturated rings. The van der Waals surface area contributed by atoms with E-state index >= 15 is 0 Å². The van der Waals surface area contributed by atoms with E-state index in [1.165, 1.54) is 0 Å². The van der Waals surface area contributed by atoms with E-state index in [2.05, 4.69) is 0 Å². The number of hydrogen-bond acceptors (Lipinski definition) is 2. The van der Waals surface area contributed by atoms with E-state index < -0.39 is 11.6 Å². The molecule has 0 aliphatic carbocycles. The predicted octanol–water partition coefficient (Wildman–Crippen LogP) is 4.71. The van der Waals surface area contributed by atoms with Crippen LogP contribution >= 0.6 is 23.2 Å². The summed E-state index contributed by atoms with van der Waals surface area (Å²) in [6, 6.07) is 5.66. The van der Waals surface area contributed by atoms with Crippen molar-refractivity contribution in [2.75, 3.05) is 13.2 Å². The lowest BCUT2D eigenvalue weighted by Crippen LogP contribution is -2.16. The van der Waals surface area contributed by atoms with Crippen molar-refractivity contribution in [2.24, 2.45) is 0 Å². The van der Waals surface area contributed by atoms with E-state index in [1.54, 1.807) is 18.2 Å². The molecule has 0 atom stereocenters. The van der Waals surface area contributed by atoms with Crippen LogP contribution in [-0.2, 0) is 0 Å². The molecule has 1 heterocycles. The van der Waals surface area contributed by atoms with Gasteiger partial charge in [0.25, 0.3) is 0 Å². The molecule has 3 rings (SSSR count). The molecule has 104 valence electrons.